The van der Waals surface area contributed by atoms with Crippen LogP contribution in [-0.4, -0.2) is 29.4 Å². The van der Waals surface area contributed by atoms with Crippen molar-refractivity contribution in [3.05, 3.63) is 47.8 Å². The molecule has 0 fully saturated rings. The smallest absolute Gasteiger partial charge is 0.191 e. The van der Waals surface area contributed by atoms with Gasteiger partial charge in [-0.3, -0.25) is 9.67 Å². The lowest BCUT2D eigenvalue weighted by atomic mass is 10.2. The Bertz CT molecular complexity index is 669. The van der Waals surface area contributed by atoms with Gasteiger partial charge in [-0.1, -0.05) is 26.0 Å². The first kappa shape index (κ1) is 21.3. The standard InChI is InChI=1S/C18H27N5O.HI/c1-14(2)13-24-17-7-5-6-15(10-17)11-20-18(19-3)21-12-16-8-9-22-23(16)4;/h5-10,14H,11-13H2,1-4H3,(H2,19,20,21);1H. The number of aryl methyl sites for hydroxylation is 1. The van der Waals surface area contributed by atoms with Crippen LogP contribution in [0.1, 0.15) is 25.1 Å². The minimum atomic E-state index is 0. The van der Waals surface area contributed by atoms with Crippen LogP contribution in [0.3, 0.4) is 0 Å². The number of halogens is 1. The molecule has 0 aliphatic carbocycles. The van der Waals surface area contributed by atoms with E-state index in [1.54, 1.807) is 13.2 Å². The lowest BCUT2D eigenvalue weighted by molar-refractivity contribution is 0.271. The van der Waals surface area contributed by atoms with Crippen LogP contribution in [0.5, 0.6) is 5.75 Å². The van der Waals surface area contributed by atoms with Crippen molar-refractivity contribution in [2.24, 2.45) is 18.0 Å². The molecule has 138 valence electrons. The predicted octanol–water partition coefficient (Wildman–Crippen LogP) is 2.94. The molecule has 2 aromatic rings. The molecule has 0 unspecified atom stereocenters. The Morgan fingerprint density at radius 1 is 1.24 bits per heavy atom. The Hall–Kier alpha value is -1.77. The third-order valence-electron chi connectivity index (χ3n) is 3.52. The summed E-state index contributed by atoms with van der Waals surface area (Å²) in [4.78, 5) is 4.25. The third-order valence-corrected chi connectivity index (χ3v) is 3.52. The molecule has 0 amide bonds. The van der Waals surface area contributed by atoms with Gasteiger partial charge in [0.1, 0.15) is 5.75 Å². The molecule has 2 rings (SSSR count). The molecule has 0 aliphatic heterocycles. The van der Waals surface area contributed by atoms with E-state index < -0.39 is 0 Å². The molecule has 7 heteroatoms. The maximum Gasteiger partial charge on any atom is 0.191 e. The maximum atomic E-state index is 5.77. The van der Waals surface area contributed by atoms with Gasteiger partial charge < -0.3 is 15.4 Å². The molecule has 0 radical (unpaired) electrons. The molecule has 0 aliphatic rings. The summed E-state index contributed by atoms with van der Waals surface area (Å²) in [6, 6.07) is 10.1. The number of ether oxygens (including phenoxy) is 1. The Morgan fingerprint density at radius 2 is 2.00 bits per heavy atom. The van der Waals surface area contributed by atoms with Crippen LogP contribution in [0.15, 0.2) is 41.5 Å². The van der Waals surface area contributed by atoms with E-state index in [2.05, 4.69) is 46.7 Å². The van der Waals surface area contributed by atoms with E-state index >= 15 is 0 Å². The van der Waals surface area contributed by atoms with Gasteiger partial charge in [0.05, 0.1) is 18.8 Å². The first-order valence-electron chi connectivity index (χ1n) is 8.21. The van der Waals surface area contributed by atoms with Crippen molar-refractivity contribution in [1.29, 1.82) is 0 Å². The normalized spacial score (nSPS) is 11.2. The highest BCUT2D eigenvalue weighted by atomic mass is 127. The lowest BCUT2D eigenvalue weighted by Crippen LogP contribution is -2.36. The number of aromatic nitrogens is 2. The molecule has 0 bridgehead atoms. The topological polar surface area (TPSA) is 63.5 Å². The van der Waals surface area contributed by atoms with Crippen molar-refractivity contribution in [1.82, 2.24) is 20.4 Å². The van der Waals surface area contributed by atoms with Gasteiger partial charge in [-0.05, 0) is 29.7 Å². The monoisotopic (exact) mass is 457 g/mol. The zero-order valence-corrected chi connectivity index (χ0v) is 17.7. The molecule has 0 spiro atoms. The number of hydrogen-bond donors (Lipinski definition) is 2. The van der Waals surface area contributed by atoms with Crippen molar-refractivity contribution in [3.63, 3.8) is 0 Å². The van der Waals surface area contributed by atoms with E-state index in [9.17, 15) is 0 Å². The number of aliphatic imine (C=N–C) groups is 1. The molecule has 0 saturated carbocycles. The molecule has 2 N–H and O–H groups in total. The molecule has 0 atom stereocenters. The fourth-order valence-electron chi connectivity index (χ4n) is 2.16. The maximum absolute atomic E-state index is 5.77. The van der Waals surface area contributed by atoms with Crippen molar-refractivity contribution in [2.45, 2.75) is 26.9 Å². The number of hydrogen-bond acceptors (Lipinski definition) is 3. The third kappa shape index (κ3) is 7.33. The van der Waals surface area contributed by atoms with Crippen LogP contribution in [-0.2, 0) is 20.1 Å². The largest absolute Gasteiger partial charge is 0.493 e. The van der Waals surface area contributed by atoms with Crippen molar-refractivity contribution in [3.8, 4) is 5.75 Å². The zero-order valence-electron chi connectivity index (χ0n) is 15.3. The van der Waals surface area contributed by atoms with Gasteiger partial charge >= 0.3 is 0 Å². The van der Waals surface area contributed by atoms with Crippen LogP contribution in [0.2, 0.25) is 0 Å². The van der Waals surface area contributed by atoms with Crippen molar-refractivity contribution >= 4 is 29.9 Å². The van der Waals surface area contributed by atoms with E-state index in [4.69, 9.17) is 4.74 Å². The van der Waals surface area contributed by atoms with E-state index in [-0.39, 0.29) is 24.0 Å². The molecular weight excluding hydrogens is 429 g/mol. The minimum absolute atomic E-state index is 0. The summed E-state index contributed by atoms with van der Waals surface area (Å²) in [6.07, 6.45) is 1.79. The second-order valence-electron chi connectivity index (χ2n) is 6.08. The van der Waals surface area contributed by atoms with Gasteiger partial charge in [0, 0.05) is 26.8 Å². The quantitative estimate of drug-likeness (QED) is 0.382. The summed E-state index contributed by atoms with van der Waals surface area (Å²) in [5.41, 5.74) is 2.25. The van der Waals surface area contributed by atoms with Crippen molar-refractivity contribution in [2.75, 3.05) is 13.7 Å². The molecular formula is C18H28IN5O. The fourth-order valence-corrected chi connectivity index (χ4v) is 2.16. The SMILES string of the molecule is CN=C(NCc1cccc(OCC(C)C)c1)NCc1ccnn1C.I. The summed E-state index contributed by atoms with van der Waals surface area (Å²) in [6.45, 7) is 6.37. The molecule has 25 heavy (non-hydrogen) atoms. The summed E-state index contributed by atoms with van der Waals surface area (Å²) < 4.78 is 7.61. The highest BCUT2D eigenvalue weighted by molar-refractivity contribution is 14.0. The van der Waals surface area contributed by atoms with Crippen LogP contribution in [0.4, 0.5) is 0 Å². The first-order chi connectivity index (χ1) is 11.6. The number of nitrogens with zero attached hydrogens (tertiary/aromatic N) is 3. The second kappa shape index (κ2) is 11.0. The van der Waals surface area contributed by atoms with Gasteiger partial charge in [0.2, 0.25) is 0 Å². The van der Waals surface area contributed by atoms with Crippen LogP contribution in [0.25, 0.3) is 0 Å². The molecule has 1 aromatic heterocycles. The molecule has 6 nitrogen and oxygen atoms in total. The highest BCUT2D eigenvalue weighted by Crippen LogP contribution is 2.14. The Balaban J connectivity index is 0.00000312. The van der Waals surface area contributed by atoms with E-state index in [1.807, 2.05) is 29.9 Å². The highest BCUT2D eigenvalue weighted by Gasteiger charge is 2.03. The molecule has 0 saturated heterocycles. The number of rotatable bonds is 7. The van der Waals surface area contributed by atoms with Crippen molar-refractivity contribution < 1.29 is 4.74 Å². The Morgan fingerprint density at radius 3 is 2.64 bits per heavy atom. The van der Waals surface area contributed by atoms with E-state index in [0.29, 0.717) is 19.0 Å². The lowest BCUT2D eigenvalue weighted by Gasteiger charge is -2.13. The van der Waals surface area contributed by atoms with E-state index in [1.165, 1.54) is 0 Å². The summed E-state index contributed by atoms with van der Waals surface area (Å²) in [7, 11) is 3.69. The average Bonchev–Trinajstić information content (AvgIpc) is 2.98. The number of benzene rings is 1. The summed E-state index contributed by atoms with van der Waals surface area (Å²) in [5.74, 6) is 2.17. The van der Waals surface area contributed by atoms with Gasteiger partial charge in [0.25, 0.3) is 0 Å². The zero-order chi connectivity index (χ0) is 17.4. The van der Waals surface area contributed by atoms with Gasteiger partial charge in [-0.15, -0.1) is 24.0 Å². The average molecular weight is 457 g/mol. The van der Waals surface area contributed by atoms with Crippen LogP contribution < -0.4 is 15.4 Å². The summed E-state index contributed by atoms with van der Waals surface area (Å²) in [5, 5.41) is 10.8. The fraction of sp³-hybridized carbons (Fsp3) is 0.444. The molecule has 1 aromatic carbocycles. The minimum Gasteiger partial charge on any atom is -0.493 e. The Kier molecular flexibility index (Phi) is 9.33. The Labute approximate surface area is 167 Å². The van der Waals surface area contributed by atoms with Gasteiger partial charge in [-0.25, -0.2) is 0 Å². The number of guanidine groups is 1. The van der Waals surface area contributed by atoms with Gasteiger partial charge in [-0.2, -0.15) is 5.10 Å². The van der Waals surface area contributed by atoms with Gasteiger partial charge in [0.15, 0.2) is 5.96 Å². The second-order valence-corrected chi connectivity index (χ2v) is 6.08. The molecule has 1 heterocycles. The van der Waals surface area contributed by atoms with E-state index in [0.717, 1.165) is 29.6 Å². The number of nitrogens with one attached hydrogen (secondary N) is 2. The van der Waals surface area contributed by atoms with Crippen LogP contribution in [0, 0.1) is 5.92 Å². The predicted molar refractivity (Wildman–Crippen MR) is 112 cm³/mol. The summed E-state index contributed by atoms with van der Waals surface area (Å²) >= 11 is 0. The van der Waals surface area contributed by atoms with Crippen LogP contribution >= 0.6 is 24.0 Å². The first-order valence-corrected chi connectivity index (χ1v) is 8.21.